The van der Waals surface area contributed by atoms with Gasteiger partial charge < -0.3 is 10.6 Å². The van der Waals surface area contributed by atoms with Crippen LogP contribution in [-0.4, -0.2) is 52.5 Å². The zero-order valence-electron chi connectivity index (χ0n) is 22.1. The number of carbonyl (C=O) groups excluding carboxylic acids is 3. The van der Waals surface area contributed by atoms with Crippen LogP contribution in [-0.2, 0) is 16.0 Å². The standard InChI is InChI=1S/C30H38N4O3/c1-4-27(35)34-25-18-21-15-14-20(19-10-9-11-22(16-19)29(36)33(5-2)6-3)17-24(21)28(25)23(30(34)37)12-7-8-13-26(31)32/h9-11,14-17,23,25,28H,4-8,12-13,18H2,1-3H3,(H3,31,32)/t23-,25+,28+/m0/s1. The van der Waals surface area contributed by atoms with E-state index in [2.05, 4.69) is 18.2 Å². The van der Waals surface area contributed by atoms with Crippen molar-refractivity contribution in [2.75, 3.05) is 13.1 Å². The minimum atomic E-state index is -0.250. The average molecular weight is 503 g/mol. The Hall–Kier alpha value is -3.48. The molecule has 4 rings (SSSR count). The van der Waals surface area contributed by atoms with Crippen molar-refractivity contribution in [2.24, 2.45) is 11.7 Å². The van der Waals surface area contributed by atoms with Gasteiger partial charge in [0.05, 0.1) is 11.9 Å². The van der Waals surface area contributed by atoms with Gasteiger partial charge in [0, 0.05) is 43.3 Å². The number of rotatable bonds is 10. The molecule has 196 valence electrons. The van der Waals surface area contributed by atoms with E-state index in [-0.39, 0.29) is 41.4 Å². The fraction of sp³-hybridized carbons (Fsp3) is 0.467. The van der Waals surface area contributed by atoms with Crippen LogP contribution in [0.3, 0.4) is 0 Å². The third-order valence-corrected chi connectivity index (χ3v) is 7.94. The van der Waals surface area contributed by atoms with Crippen molar-refractivity contribution in [3.63, 3.8) is 0 Å². The molecule has 3 amide bonds. The Bertz CT molecular complexity index is 1200. The van der Waals surface area contributed by atoms with Crippen molar-refractivity contribution in [1.82, 2.24) is 9.80 Å². The van der Waals surface area contributed by atoms with Gasteiger partial charge in [-0.15, -0.1) is 0 Å². The summed E-state index contributed by atoms with van der Waals surface area (Å²) in [4.78, 5) is 42.5. The minimum Gasteiger partial charge on any atom is -0.388 e. The second-order valence-electron chi connectivity index (χ2n) is 10.1. The maximum atomic E-state index is 13.4. The van der Waals surface area contributed by atoms with E-state index in [4.69, 9.17) is 11.1 Å². The Morgan fingerprint density at radius 3 is 2.46 bits per heavy atom. The molecule has 7 heteroatoms. The first-order valence-electron chi connectivity index (χ1n) is 13.5. The molecule has 3 atom stereocenters. The molecule has 0 unspecified atom stereocenters. The predicted molar refractivity (Wildman–Crippen MR) is 145 cm³/mol. The quantitative estimate of drug-likeness (QED) is 0.278. The smallest absolute Gasteiger partial charge is 0.253 e. The molecule has 2 aliphatic rings. The first kappa shape index (κ1) is 26.6. The first-order valence-corrected chi connectivity index (χ1v) is 13.5. The van der Waals surface area contributed by atoms with E-state index in [1.54, 1.807) is 6.92 Å². The Balaban J connectivity index is 1.66. The molecular formula is C30H38N4O3. The van der Waals surface area contributed by atoms with Crippen molar-refractivity contribution in [3.8, 4) is 11.1 Å². The molecule has 1 aliphatic carbocycles. The van der Waals surface area contributed by atoms with Crippen LogP contribution < -0.4 is 5.73 Å². The number of unbranched alkanes of at least 4 members (excludes halogenated alkanes) is 1. The third kappa shape index (κ3) is 5.17. The molecule has 37 heavy (non-hydrogen) atoms. The predicted octanol–water partition coefficient (Wildman–Crippen LogP) is 4.74. The van der Waals surface area contributed by atoms with Gasteiger partial charge in [0.25, 0.3) is 5.91 Å². The van der Waals surface area contributed by atoms with Gasteiger partial charge in [0.2, 0.25) is 11.8 Å². The van der Waals surface area contributed by atoms with Crippen molar-refractivity contribution in [2.45, 2.75) is 71.3 Å². The lowest BCUT2D eigenvalue weighted by atomic mass is 9.83. The molecule has 1 fully saturated rings. The summed E-state index contributed by atoms with van der Waals surface area (Å²) in [6.45, 7) is 7.09. The maximum absolute atomic E-state index is 13.4. The van der Waals surface area contributed by atoms with Gasteiger partial charge in [0.1, 0.15) is 0 Å². The Kier molecular flexibility index (Phi) is 8.10. The van der Waals surface area contributed by atoms with Gasteiger partial charge in [-0.2, -0.15) is 0 Å². The highest BCUT2D eigenvalue weighted by atomic mass is 16.2. The molecule has 1 saturated heterocycles. The number of likely N-dealkylation sites (tertiary alicyclic amines) is 1. The van der Waals surface area contributed by atoms with Gasteiger partial charge >= 0.3 is 0 Å². The molecule has 0 radical (unpaired) electrons. The van der Waals surface area contributed by atoms with Crippen molar-refractivity contribution >= 4 is 23.6 Å². The Labute approximate surface area is 219 Å². The molecule has 0 spiro atoms. The SMILES string of the molecule is CCC(=O)N1C(=O)[C@@H](CCCCC(=N)N)[C@@H]2c3cc(-c4cccc(C(=O)N(CC)CC)c4)ccc3C[C@H]21. The normalized spacial score (nSPS) is 20.0. The zero-order chi connectivity index (χ0) is 26.7. The molecule has 2 aromatic carbocycles. The average Bonchev–Trinajstić information content (AvgIpc) is 3.39. The molecule has 0 aromatic heterocycles. The van der Waals surface area contributed by atoms with E-state index in [0.29, 0.717) is 44.3 Å². The Morgan fingerprint density at radius 1 is 1.05 bits per heavy atom. The number of hydrogen-bond donors (Lipinski definition) is 2. The van der Waals surface area contributed by atoms with Crippen LogP contribution in [0, 0.1) is 11.3 Å². The summed E-state index contributed by atoms with van der Waals surface area (Å²) in [6.07, 6.45) is 3.74. The van der Waals surface area contributed by atoms with Gasteiger partial charge in [-0.1, -0.05) is 43.7 Å². The van der Waals surface area contributed by atoms with Crippen LogP contribution in [0.1, 0.15) is 80.3 Å². The highest BCUT2D eigenvalue weighted by Gasteiger charge is 2.53. The van der Waals surface area contributed by atoms with Crippen molar-refractivity contribution in [3.05, 3.63) is 59.2 Å². The van der Waals surface area contributed by atoms with Crippen LogP contribution in [0.5, 0.6) is 0 Å². The van der Waals surface area contributed by atoms with Crippen molar-refractivity contribution < 1.29 is 14.4 Å². The second-order valence-corrected chi connectivity index (χ2v) is 10.1. The lowest BCUT2D eigenvalue weighted by Gasteiger charge is -2.21. The first-order chi connectivity index (χ1) is 17.8. The molecule has 0 saturated carbocycles. The molecule has 3 N–H and O–H groups in total. The lowest BCUT2D eigenvalue weighted by Crippen LogP contribution is -2.39. The van der Waals surface area contributed by atoms with Crippen LogP contribution in [0.15, 0.2) is 42.5 Å². The van der Waals surface area contributed by atoms with Crippen LogP contribution in [0.25, 0.3) is 11.1 Å². The summed E-state index contributed by atoms with van der Waals surface area (Å²) in [5.74, 6) is -0.269. The summed E-state index contributed by atoms with van der Waals surface area (Å²) in [6, 6.07) is 14.0. The molecule has 1 aliphatic heterocycles. The lowest BCUT2D eigenvalue weighted by molar-refractivity contribution is -0.145. The van der Waals surface area contributed by atoms with E-state index in [9.17, 15) is 14.4 Å². The summed E-state index contributed by atoms with van der Waals surface area (Å²) in [7, 11) is 0. The molecule has 2 aromatic rings. The minimum absolute atomic E-state index is 0.0220. The highest BCUT2D eigenvalue weighted by Crippen LogP contribution is 2.49. The largest absolute Gasteiger partial charge is 0.388 e. The van der Waals surface area contributed by atoms with Crippen molar-refractivity contribution in [1.29, 1.82) is 5.41 Å². The number of hydrogen-bond acceptors (Lipinski definition) is 4. The third-order valence-electron chi connectivity index (χ3n) is 7.94. The van der Waals surface area contributed by atoms with E-state index in [1.807, 2.05) is 43.0 Å². The number of imide groups is 1. The number of benzene rings is 2. The van der Waals surface area contributed by atoms with Crippen LogP contribution in [0.4, 0.5) is 0 Å². The molecule has 1 heterocycles. The fourth-order valence-electron chi connectivity index (χ4n) is 6.05. The number of nitrogens with two attached hydrogens (primary N) is 1. The number of nitrogens with zero attached hydrogens (tertiary/aromatic N) is 2. The summed E-state index contributed by atoms with van der Waals surface area (Å²) >= 11 is 0. The number of fused-ring (bicyclic) bond motifs is 3. The second kappa shape index (κ2) is 11.3. The molecule has 7 nitrogen and oxygen atoms in total. The Morgan fingerprint density at radius 2 is 1.78 bits per heavy atom. The van der Waals surface area contributed by atoms with Gasteiger partial charge in [-0.25, -0.2) is 0 Å². The number of nitrogens with one attached hydrogen (secondary N) is 1. The van der Waals surface area contributed by atoms with E-state index >= 15 is 0 Å². The van der Waals surface area contributed by atoms with E-state index in [1.165, 1.54) is 10.5 Å². The molecular weight excluding hydrogens is 464 g/mol. The zero-order valence-corrected chi connectivity index (χ0v) is 22.1. The monoisotopic (exact) mass is 502 g/mol. The number of amides is 3. The van der Waals surface area contributed by atoms with Crippen LogP contribution >= 0.6 is 0 Å². The highest BCUT2D eigenvalue weighted by molar-refractivity contribution is 6.00. The number of amidine groups is 1. The summed E-state index contributed by atoms with van der Waals surface area (Å²) < 4.78 is 0. The van der Waals surface area contributed by atoms with Gasteiger partial charge in [0.15, 0.2) is 0 Å². The fourth-order valence-corrected chi connectivity index (χ4v) is 6.05. The summed E-state index contributed by atoms with van der Waals surface area (Å²) in [5, 5.41) is 7.48. The van der Waals surface area contributed by atoms with Gasteiger partial charge in [-0.3, -0.25) is 24.7 Å². The topological polar surface area (TPSA) is 108 Å². The van der Waals surface area contributed by atoms with E-state index < -0.39 is 0 Å². The number of carbonyl (C=O) groups is 3. The van der Waals surface area contributed by atoms with E-state index in [0.717, 1.165) is 29.5 Å². The van der Waals surface area contributed by atoms with Crippen LogP contribution in [0.2, 0.25) is 0 Å². The summed E-state index contributed by atoms with van der Waals surface area (Å²) in [5.41, 5.74) is 10.5. The van der Waals surface area contributed by atoms with Gasteiger partial charge in [-0.05, 0) is 67.5 Å². The molecule has 0 bridgehead atoms. The maximum Gasteiger partial charge on any atom is 0.253 e.